The molecule has 0 saturated carbocycles. The van der Waals surface area contributed by atoms with Crippen LogP contribution in [0.25, 0.3) is 0 Å². The van der Waals surface area contributed by atoms with Gasteiger partial charge in [-0.2, -0.15) is 8.42 Å². The predicted octanol–water partition coefficient (Wildman–Crippen LogP) is -1.57. The number of benzene rings is 1. The molecule has 0 spiro atoms. The molecule has 0 amide bonds. The van der Waals surface area contributed by atoms with E-state index >= 15 is 0 Å². The molecule has 0 aliphatic carbocycles. The van der Waals surface area contributed by atoms with Crippen LogP contribution in [0.3, 0.4) is 0 Å². The summed E-state index contributed by atoms with van der Waals surface area (Å²) in [4.78, 5) is 10.7. The van der Waals surface area contributed by atoms with Crippen LogP contribution < -0.4 is 29.6 Å². The Morgan fingerprint density at radius 1 is 1.40 bits per heavy atom. The van der Waals surface area contributed by atoms with Crippen molar-refractivity contribution in [2.24, 2.45) is 0 Å². The molecule has 1 aromatic carbocycles. The van der Waals surface area contributed by atoms with Crippen molar-refractivity contribution >= 4 is 28.5 Å². The molecule has 1 aromatic rings. The zero-order valence-corrected chi connectivity index (χ0v) is 12.0. The fourth-order valence-electron chi connectivity index (χ4n) is 0.940. The second-order valence-corrected chi connectivity index (χ2v) is 4.59. The smallest absolute Gasteiger partial charge is 0.295 e. The molecule has 7 heteroatoms. The molecule has 0 aromatic heterocycles. The van der Waals surface area contributed by atoms with Crippen molar-refractivity contribution in [1.29, 1.82) is 0 Å². The van der Waals surface area contributed by atoms with Gasteiger partial charge in [0, 0.05) is 10.5 Å². The summed E-state index contributed by atoms with van der Waals surface area (Å²) < 4.78 is 30.4. The number of carbonyl (C=O) groups excluding carboxylic acids is 1. The first kappa shape index (κ1) is 15.2. The summed E-state index contributed by atoms with van der Waals surface area (Å²) in [6.45, 7) is 1.31. The van der Waals surface area contributed by atoms with Gasteiger partial charge in [0.2, 0.25) is 0 Å². The van der Waals surface area contributed by atoms with Gasteiger partial charge in [0.1, 0.15) is 4.90 Å². The van der Waals surface area contributed by atoms with E-state index in [9.17, 15) is 13.2 Å². The zero-order chi connectivity index (χ0) is 10.9. The first-order valence-electron chi connectivity index (χ1n) is 3.64. The number of thiol groups is 1. The Labute approximate surface area is 116 Å². The van der Waals surface area contributed by atoms with E-state index in [-0.39, 0.29) is 50.7 Å². The minimum Gasteiger partial charge on any atom is -0.295 e. The third-order valence-corrected chi connectivity index (χ3v) is 3.08. The third kappa shape index (κ3) is 3.90. The Bertz CT molecular complexity index is 481. The Hall–Kier alpha value is 0.150. The van der Waals surface area contributed by atoms with Crippen LogP contribution in [-0.4, -0.2) is 18.8 Å². The summed E-state index contributed by atoms with van der Waals surface area (Å²) in [5, 5.41) is 0. The molecule has 0 unspecified atom stereocenters. The average Bonchev–Trinajstić information content (AvgIpc) is 2.02. The van der Waals surface area contributed by atoms with E-state index in [1.165, 1.54) is 19.1 Å². The minimum atomic E-state index is -4.32. The van der Waals surface area contributed by atoms with Crippen LogP contribution in [0.4, 0.5) is 0 Å². The Morgan fingerprint density at radius 3 is 2.33 bits per heavy atom. The molecule has 4 nitrogen and oxygen atoms in total. The van der Waals surface area contributed by atoms with Crippen molar-refractivity contribution in [1.82, 2.24) is 0 Å². The van der Waals surface area contributed by atoms with Crippen LogP contribution >= 0.6 is 12.6 Å². The van der Waals surface area contributed by atoms with Crippen LogP contribution in [-0.2, 0) is 10.1 Å². The normalized spacial score (nSPS) is 10.6. The van der Waals surface area contributed by atoms with Gasteiger partial charge in [-0.15, -0.1) is 12.6 Å². The van der Waals surface area contributed by atoms with Crippen LogP contribution in [0.5, 0.6) is 0 Å². The maximum absolute atomic E-state index is 10.9. The maximum Gasteiger partial charge on any atom is 1.00 e. The molecule has 0 aliphatic heterocycles. The summed E-state index contributed by atoms with van der Waals surface area (Å²) in [6, 6.07) is 3.89. The van der Waals surface area contributed by atoms with Crippen molar-refractivity contribution < 1.29 is 47.3 Å². The van der Waals surface area contributed by atoms with E-state index < -0.39 is 10.1 Å². The van der Waals surface area contributed by atoms with E-state index in [0.717, 1.165) is 6.07 Å². The molecule has 15 heavy (non-hydrogen) atoms. The summed E-state index contributed by atoms with van der Waals surface area (Å²) in [5.74, 6) is -0.275. The number of ketones is 1. The largest absolute Gasteiger partial charge is 1.00 e. The molecule has 0 radical (unpaired) electrons. The summed E-state index contributed by atoms with van der Waals surface area (Å²) in [7, 11) is -4.32. The van der Waals surface area contributed by atoms with Crippen molar-refractivity contribution in [3.05, 3.63) is 23.8 Å². The fraction of sp³-hybridized carbons (Fsp3) is 0.125. The van der Waals surface area contributed by atoms with Crippen molar-refractivity contribution in [3.8, 4) is 0 Å². The second-order valence-electron chi connectivity index (χ2n) is 2.71. The van der Waals surface area contributed by atoms with Crippen LogP contribution in [0.15, 0.2) is 28.0 Å². The zero-order valence-electron chi connectivity index (χ0n) is 8.26. The predicted molar refractivity (Wildman–Crippen MR) is 53.5 cm³/mol. The van der Waals surface area contributed by atoms with Gasteiger partial charge in [-0.3, -0.25) is 9.35 Å². The number of Topliss-reactive ketones (excluding diaryl/α,β-unsaturated/α-hetero) is 1. The van der Waals surface area contributed by atoms with Crippen LogP contribution in [0, 0.1) is 0 Å². The third-order valence-electron chi connectivity index (χ3n) is 1.64. The number of carbonyl (C=O) groups is 1. The minimum absolute atomic E-state index is 0. The fourth-order valence-corrected chi connectivity index (χ4v) is 2.03. The Morgan fingerprint density at radius 2 is 1.93 bits per heavy atom. The van der Waals surface area contributed by atoms with E-state index in [4.69, 9.17) is 4.55 Å². The van der Waals surface area contributed by atoms with Crippen molar-refractivity contribution in [2.75, 3.05) is 0 Å². The van der Waals surface area contributed by atoms with Gasteiger partial charge < -0.3 is 0 Å². The summed E-state index contributed by atoms with van der Waals surface area (Å²) >= 11 is 3.86. The Balaban J connectivity index is 0.00000196. The molecule has 0 saturated heterocycles. The second kappa shape index (κ2) is 5.47. The summed E-state index contributed by atoms with van der Waals surface area (Å²) in [5.41, 5.74) is 0.218. The number of hydrogen-bond acceptors (Lipinski definition) is 4. The van der Waals surface area contributed by atoms with Crippen LogP contribution in [0.2, 0.25) is 0 Å². The molecule has 1 rings (SSSR count). The van der Waals surface area contributed by atoms with E-state index in [0.29, 0.717) is 0 Å². The van der Waals surface area contributed by atoms with Gasteiger partial charge in [0.25, 0.3) is 10.1 Å². The molecular formula is C8H8NaO4S2+. The number of rotatable bonds is 2. The van der Waals surface area contributed by atoms with Gasteiger partial charge >= 0.3 is 29.6 Å². The molecule has 76 valence electrons. The van der Waals surface area contributed by atoms with Gasteiger partial charge in [0.15, 0.2) is 5.78 Å². The number of hydrogen-bond donors (Lipinski definition) is 2. The molecule has 1 N–H and O–H groups in total. The SMILES string of the molecule is CC(=O)c1ccc(S)c(S(=O)(=O)O)c1.[Na+]. The van der Waals surface area contributed by atoms with Crippen LogP contribution in [0.1, 0.15) is 17.3 Å². The van der Waals surface area contributed by atoms with Gasteiger partial charge in [0.05, 0.1) is 0 Å². The molecule has 0 heterocycles. The molecule has 0 bridgehead atoms. The van der Waals surface area contributed by atoms with Crippen molar-refractivity contribution in [2.45, 2.75) is 16.7 Å². The first-order chi connectivity index (χ1) is 6.32. The monoisotopic (exact) mass is 255 g/mol. The van der Waals surface area contributed by atoms with E-state index in [1.807, 2.05) is 0 Å². The Kier molecular flexibility index (Phi) is 5.52. The topological polar surface area (TPSA) is 71.4 Å². The van der Waals surface area contributed by atoms with E-state index in [1.54, 1.807) is 0 Å². The first-order valence-corrected chi connectivity index (χ1v) is 5.52. The van der Waals surface area contributed by atoms with E-state index in [2.05, 4.69) is 12.6 Å². The average molecular weight is 255 g/mol. The maximum atomic E-state index is 10.9. The van der Waals surface area contributed by atoms with Crippen molar-refractivity contribution in [3.63, 3.8) is 0 Å². The van der Waals surface area contributed by atoms with Gasteiger partial charge in [-0.05, 0) is 19.1 Å². The van der Waals surface area contributed by atoms with Gasteiger partial charge in [-0.25, -0.2) is 0 Å². The quantitative estimate of drug-likeness (QED) is 0.290. The molecular weight excluding hydrogens is 247 g/mol. The standard InChI is InChI=1S/C8H8O4S2.Na/c1-5(9)6-2-3-7(13)8(4-6)14(10,11)12;/h2-4,13H,1H3,(H,10,11,12);/q;+1. The molecule has 0 aliphatic rings. The molecule has 0 fully saturated rings. The molecule has 0 atom stereocenters. The summed E-state index contributed by atoms with van der Waals surface area (Å²) in [6.07, 6.45) is 0. The van der Waals surface area contributed by atoms with Gasteiger partial charge in [-0.1, -0.05) is 6.07 Å².